The molecule has 1 heterocycles. The van der Waals surface area contributed by atoms with Crippen molar-refractivity contribution in [3.05, 3.63) is 39.7 Å². The van der Waals surface area contributed by atoms with E-state index in [1.165, 1.54) is 6.07 Å². The third kappa shape index (κ3) is 7.29. The Labute approximate surface area is 193 Å². The number of ether oxygens (including phenoxy) is 2. The van der Waals surface area contributed by atoms with E-state index in [2.05, 4.69) is 12.2 Å². The van der Waals surface area contributed by atoms with Gasteiger partial charge in [0, 0.05) is 17.0 Å². The van der Waals surface area contributed by atoms with Crippen LogP contribution in [-0.4, -0.2) is 35.7 Å². The number of nitrogens with one attached hydrogen (secondary N) is 1. The van der Waals surface area contributed by atoms with Crippen molar-refractivity contribution in [2.45, 2.75) is 71.9 Å². The maximum absolute atomic E-state index is 12.9. The van der Waals surface area contributed by atoms with Gasteiger partial charge in [0.2, 0.25) is 0 Å². The third-order valence-electron chi connectivity index (χ3n) is 4.79. The maximum Gasteiger partial charge on any atom is 0.408 e. The molecule has 176 valence electrons. The Kier molecular flexibility index (Phi) is 9.19. The smallest absolute Gasteiger partial charge is 0.408 e. The molecular weight excluding hydrogens is 430 g/mol. The van der Waals surface area contributed by atoms with E-state index in [9.17, 15) is 14.4 Å². The third-order valence-corrected chi connectivity index (χ3v) is 5.44. The van der Waals surface area contributed by atoms with Crippen molar-refractivity contribution in [2.24, 2.45) is 0 Å². The van der Waals surface area contributed by atoms with E-state index in [-0.39, 0.29) is 0 Å². The average molecular weight is 464 g/mol. The molecule has 0 bridgehead atoms. The first kappa shape index (κ1) is 25.8. The van der Waals surface area contributed by atoms with Crippen LogP contribution in [0.3, 0.4) is 0 Å². The fourth-order valence-corrected chi connectivity index (χ4v) is 3.68. The standard InChI is InChI=1S/C24H33NO6S/c1-7-8-9-16-14-20(26)30-21-15(2)19(11-10-17(16)21)29-22(27)18(12-13-32-6)25-23(28)31-24(3,4)5/h10-11,14,18H,7-9,12-13H2,1-6H3,(H,25,28)/t18-/m1/s1. The van der Waals surface area contributed by atoms with Crippen LogP contribution in [0.2, 0.25) is 0 Å². The molecule has 2 rings (SSSR count). The fourth-order valence-electron chi connectivity index (χ4n) is 3.21. The van der Waals surface area contributed by atoms with Crippen molar-refractivity contribution in [2.75, 3.05) is 12.0 Å². The lowest BCUT2D eigenvalue weighted by Crippen LogP contribution is -2.45. The molecule has 0 saturated heterocycles. The van der Waals surface area contributed by atoms with Gasteiger partial charge in [0.05, 0.1) is 0 Å². The predicted octanol–water partition coefficient (Wildman–Crippen LogP) is 5.00. The number of unbranched alkanes of at least 4 members (excludes halogenated alkanes) is 1. The Balaban J connectivity index is 2.28. The molecule has 32 heavy (non-hydrogen) atoms. The lowest BCUT2D eigenvalue weighted by Gasteiger charge is -2.23. The number of hydrogen-bond acceptors (Lipinski definition) is 7. The molecule has 0 fully saturated rings. The molecule has 0 aliphatic rings. The molecule has 1 amide bonds. The van der Waals surface area contributed by atoms with Gasteiger partial charge in [0.25, 0.3) is 0 Å². The molecule has 2 aromatic rings. The van der Waals surface area contributed by atoms with Gasteiger partial charge >= 0.3 is 17.7 Å². The van der Waals surface area contributed by atoms with Crippen molar-refractivity contribution >= 4 is 34.8 Å². The first-order valence-corrected chi connectivity index (χ1v) is 12.2. The molecule has 0 aliphatic carbocycles. The Morgan fingerprint density at radius 3 is 2.59 bits per heavy atom. The second-order valence-corrected chi connectivity index (χ2v) is 9.65. The van der Waals surface area contributed by atoms with E-state index in [0.717, 1.165) is 30.2 Å². The molecule has 7 nitrogen and oxygen atoms in total. The molecule has 0 spiro atoms. The van der Waals surface area contributed by atoms with Crippen molar-refractivity contribution in [1.82, 2.24) is 5.32 Å². The molecule has 1 aromatic carbocycles. The molecule has 0 aliphatic heterocycles. The number of thioether (sulfide) groups is 1. The van der Waals surface area contributed by atoms with Crippen LogP contribution < -0.4 is 15.7 Å². The highest BCUT2D eigenvalue weighted by Gasteiger charge is 2.26. The topological polar surface area (TPSA) is 94.8 Å². The zero-order valence-electron chi connectivity index (χ0n) is 19.7. The van der Waals surface area contributed by atoms with Crippen LogP contribution in [0.15, 0.2) is 27.4 Å². The number of alkyl carbamates (subject to hydrolysis) is 1. The van der Waals surface area contributed by atoms with E-state index in [0.29, 0.717) is 29.1 Å². The van der Waals surface area contributed by atoms with Crippen LogP contribution in [0.25, 0.3) is 11.0 Å². The summed E-state index contributed by atoms with van der Waals surface area (Å²) in [5.74, 6) is 0.345. The van der Waals surface area contributed by atoms with Crippen LogP contribution in [0.5, 0.6) is 5.75 Å². The number of hydrogen-bond donors (Lipinski definition) is 1. The summed E-state index contributed by atoms with van der Waals surface area (Å²) in [4.78, 5) is 37.2. The molecule has 0 radical (unpaired) electrons. The molecular formula is C24H33NO6S. The number of aryl methyl sites for hydroxylation is 2. The largest absolute Gasteiger partial charge is 0.444 e. The second kappa shape index (κ2) is 11.4. The lowest BCUT2D eigenvalue weighted by atomic mass is 10.0. The van der Waals surface area contributed by atoms with E-state index in [1.807, 2.05) is 6.26 Å². The highest BCUT2D eigenvalue weighted by atomic mass is 32.2. The summed E-state index contributed by atoms with van der Waals surface area (Å²) in [6.07, 6.45) is 4.37. The summed E-state index contributed by atoms with van der Waals surface area (Å²) >= 11 is 1.56. The summed E-state index contributed by atoms with van der Waals surface area (Å²) in [6.45, 7) is 9.10. The van der Waals surface area contributed by atoms with Gasteiger partial charge in [0.15, 0.2) is 0 Å². The minimum atomic E-state index is -0.865. The van der Waals surface area contributed by atoms with Gasteiger partial charge in [-0.15, -0.1) is 0 Å². The van der Waals surface area contributed by atoms with Crippen LogP contribution in [0, 0.1) is 6.92 Å². The SMILES string of the molecule is CCCCc1cc(=O)oc2c(C)c(OC(=O)[C@@H](CCSC)NC(=O)OC(C)(C)C)ccc12. The normalized spacial score (nSPS) is 12.4. The molecule has 1 atom stereocenters. The van der Waals surface area contributed by atoms with Gasteiger partial charge in [-0.3, -0.25) is 0 Å². The fraction of sp³-hybridized carbons (Fsp3) is 0.542. The van der Waals surface area contributed by atoms with Crippen molar-refractivity contribution in [3.63, 3.8) is 0 Å². The molecule has 0 saturated carbocycles. The first-order valence-electron chi connectivity index (χ1n) is 10.8. The number of carbonyl (C=O) groups is 2. The minimum Gasteiger partial charge on any atom is -0.444 e. The van der Waals surface area contributed by atoms with Crippen LogP contribution in [0.1, 0.15) is 58.1 Å². The average Bonchev–Trinajstić information content (AvgIpc) is 2.70. The number of amides is 1. The summed E-state index contributed by atoms with van der Waals surface area (Å²) < 4.78 is 16.3. The van der Waals surface area contributed by atoms with Crippen molar-refractivity contribution in [1.29, 1.82) is 0 Å². The minimum absolute atomic E-state index is 0.290. The van der Waals surface area contributed by atoms with E-state index in [4.69, 9.17) is 13.9 Å². The second-order valence-electron chi connectivity index (χ2n) is 8.66. The van der Waals surface area contributed by atoms with Crippen molar-refractivity contribution in [3.8, 4) is 5.75 Å². The van der Waals surface area contributed by atoms with Crippen LogP contribution in [-0.2, 0) is 16.0 Å². The predicted molar refractivity (Wildman–Crippen MR) is 128 cm³/mol. The van der Waals surface area contributed by atoms with Gasteiger partial charge in [0.1, 0.15) is 23.0 Å². The van der Waals surface area contributed by atoms with E-state index < -0.39 is 29.3 Å². The summed E-state index contributed by atoms with van der Waals surface area (Å²) in [5.41, 5.74) is 0.782. The summed E-state index contributed by atoms with van der Waals surface area (Å²) in [7, 11) is 0. The highest BCUT2D eigenvalue weighted by molar-refractivity contribution is 7.98. The van der Waals surface area contributed by atoms with Gasteiger partial charge < -0.3 is 19.2 Å². The summed E-state index contributed by atoms with van der Waals surface area (Å²) in [5, 5.41) is 3.44. The van der Waals surface area contributed by atoms with Gasteiger partial charge in [-0.2, -0.15) is 11.8 Å². The molecule has 1 N–H and O–H groups in total. The van der Waals surface area contributed by atoms with E-state index >= 15 is 0 Å². The Morgan fingerprint density at radius 1 is 1.25 bits per heavy atom. The number of esters is 1. The summed E-state index contributed by atoms with van der Waals surface area (Å²) in [6, 6.07) is 4.16. The highest BCUT2D eigenvalue weighted by Crippen LogP contribution is 2.29. The Bertz CT molecular complexity index is 1010. The zero-order valence-corrected chi connectivity index (χ0v) is 20.5. The zero-order chi connectivity index (χ0) is 23.9. The van der Waals surface area contributed by atoms with E-state index in [1.54, 1.807) is 51.6 Å². The van der Waals surface area contributed by atoms with Gasteiger partial charge in [-0.25, -0.2) is 14.4 Å². The lowest BCUT2D eigenvalue weighted by molar-refractivity contribution is -0.136. The Morgan fingerprint density at radius 2 is 1.97 bits per heavy atom. The first-order chi connectivity index (χ1) is 15.1. The molecule has 8 heteroatoms. The number of carbonyl (C=O) groups excluding carboxylic acids is 2. The van der Waals surface area contributed by atoms with Crippen molar-refractivity contribution < 1.29 is 23.5 Å². The maximum atomic E-state index is 12.9. The van der Waals surface area contributed by atoms with Gasteiger partial charge in [-0.05, 0) is 76.7 Å². The van der Waals surface area contributed by atoms with Crippen LogP contribution >= 0.6 is 11.8 Å². The quantitative estimate of drug-likeness (QED) is 0.318. The molecule has 0 unspecified atom stereocenters. The molecule has 1 aromatic heterocycles. The number of fused-ring (bicyclic) bond motifs is 1. The number of rotatable bonds is 9. The Hall–Kier alpha value is -2.48. The van der Waals surface area contributed by atoms with Gasteiger partial charge in [-0.1, -0.05) is 13.3 Å². The monoisotopic (exact) mass is 463 g/mol. The number of benzene rings is 1. The van der Waals surface area contributed by atoms with Crippen LogP contribution in [0.4, 0.5) is 4.79 Å².